The highest BCUT2D eigenvalue weighted by molar-refractivity contribution is 5.44. The third kappa shape index (κ3) is 3.18. The molecule has 1 heterocycles. The largest absolute Gasteiger partial charge is 0.367 e. The molecule has 18 heavy (non-hydrogen) atoms. The van der Waals surface area contributed by atoms with Crippen LogP contribution in [0.1, 0.15) is 39.0 Å². The van der Waals surface area contributed by atoms with E-state index in [0.29, 0.717) is 17.8 Å². The third-order valence-electron chi connectivity index (χ3n) is 3.69. The van der Waals surface area contributed by atoms with Crippen LogP contribution < -0.4 is 5.32 Å². The maximum absolute atomic E-state index is 10.7. The smallest absolute Gasteiger partial charge is 0.274 e. The van der Waals surface area contributed by atoms with Gasteiger partial charge in [-0.05, 0) is 25.7 Å². The average Bonchev–Trinajstić information content (AvgIpc) is 2.40. The van der Waals surface area contributed by atoms with Crippen LogP contribution in [0.25, 0.3) is 0 Å². The molecule has 1 fully saturated rings. The Morgan fingerprint density at radius 2 is 2.17 bits per heavy atom. The summed E-state index contributed by atoms with van der Waals surface area (Å²) in [5.41, 5.74) is 0.0864. The van der Waals surface area contributed by atoms with E-state index in [0.717, 1.165) is 0 Å². The van der Waals surface area contributed by atoms with Gasteiger partial charge in [0.25, 0.3) is 5.69 Å². The first-order valence-electron chi connectivity index (χ1n) is 6.54. The predicted molar refractivity (Wildman–Crippen MR) is 70.6 cm³/mol. The van der Waals surface area contributed by atoms with Crippen LogP contribution >= 0.6 is 0 Å². The van der Waals surface area contributed by atoms with Gasteiger partial charge in [0, 0.05) is 18.3 Å². The highest BCUT2D eigenvalue weighted by Crippen LogP contribution is 2.28. The molecule has 0 spiro atoms. The van der Waals surface area contributed by atoms with Crippen molar-refractivity contribution in [1.29, 1.82) is 0 Å². The van der Waals surface area contributed by atoms with Crippen LogP contribution in [-0.2, 0) is 0 Å². The van der Waals surface area contributed by atoms with Gasteiger partial charge in [-0.25, -0.2) is 4.98 Å². The quantitative estimate of drug-likeness (QED) is 0.656. The molecule has 5 heteroatoms. The minimum Gasteiger partial charge on any atom is -0.367 e. The van der Waals surface area contributed by atoms with Crippen LogP contribution in [0.2, 0.25) is 0 Å². The fraction of sp³-hybridized carbons (Fsp3) is 0.615. The Bertz CT molecular complexity index is 416. The van der Waals surface area contributed by atoms with Crippen molar-refractivity contribution >= 4 is 11.5 Å². The average molecular weight is 249 g/mol. The van der Waals surface area contributed by atoms with Crippen molar-refractivity contribution in [1.82, 2.24) is 4.98 Å². The van der Waals surface area contributed by atoms with Gasteiger partial charge in [0.1, 0.15) is 5.82 Å². The molecule has 1 N–H and O–H groups in total. The lowest BCUT2D eigenvalue weighted by Crippen LogP contribution is -2.28. The lowest BCUT2D eigenvalue weighted by Gasteiger charge is -2.28. The van der Waals surface area contributed by atoms with Crippen molar-refractivity contribution in [3.8, 4) is 0 Å². The minimum absolute atomic E-state index is 0.0864. The minimum atomic E-state index is -0.391. The molecule has 1 aliphatic rings. The van der Waals surface area contributed by atoms with E-state index in [1.54, 1.807) is 0 Å². The molecular formula is C13H19N3O2. The molecule has 0 amide bonds. The Kier molecular flexibility index (Phi) is 4.12. The first-order chi connectivity index (χ1) is 8.66. The van der Waals surface area contributed by atoms with Gasteiger partial charge in [0.15, 0.2) is 0 Å². The van der Waals surface area contributed by atoms with Gasteiger partial charge in [-0.15, -0.1) is 0 Å². The van der Waals surface area contributed by atoms with Crippen LogP contribution in [0, 0.1) is 16.0 Å². The number of aromatic nitrogens is 1. The van der Waals surface area contributed by atoms with E-state index in [-0.39, 0.29) is 5.69 Å². The highest BCUT2D eigenvalue weighted by atomic mass is 16.6. The molecular weight excluding hydrogens is 230 g/mol. The molecule has 1 aromatic rings. The highest BCUT2D eigenvalue weighted by Gasteiger charge is 2.20. The summed E-state index contributed by atoms with van der Waals surface area (Å²) < 4.78 is 0. The van der Waals surface area contributed by atoms with E-state index in [2.05, 4.69) is 17.2 Å². The van der Waals surface area contributed by atoms with Crippen LogP contribution in [0.15, 0.2) is 18.3 Å². The monoisotopic (exact) mass is 249 g/mol. The van der Waals surface area contributed by atoms with E-state index in [1.807, 2.05) is 0 Å². The van der Waals surface area contributed by atoms with Crippen LogP contribution in [-0.4, -0.2) is 15.9 Å². The molecule has 1 aromatic heterocycles. The molecule has 1 aliphatic carbocycles. The first kappa shape index (κ1) is 12.8. The Morgan fingerprint density at radius 1 is 1.44 bits per heavy atom. The number of pyridine rings is 1. The summed E-state index contributed by atoms with van der Waals surface area (Å²) in [6.07, 6.45) is 7.87. The lowest BCUT2D eigenvalue weighted by molar-refractivity contribution is -0.384. The molecule has 1 saturated carbocycles. The number of hydrogen-bond donors (Lipinski definition) is 1. The lowest BCUT2D eigenvalue weighted by atomic mass is 9.84. The number of hydrogen-bond acceptors (Lipinski definition) is 4. The zero-order chi connectivity index (χ0) is 13.0. The molecule has 0 aromatic carbocycles. The van der Waals surface area contributed by atoms with Crippen LogP contribution in [0.3, 0.4) is 0 Å². The Hall–Kier alpha value is -1.65. The second kappa shape index (κ2) is 5.80. The van der Waals surface area contributed by atoms with Gasteiger partial charge in [0.05, 0.1) is 11.0 Å². The van der Waals surface area contributed by atoms with Gasteiger partial charge < -0.3 is 5.32 Å². The maximum Gasteiger partial charge on any atom is 0.274 e. The summed E-state index contributed by atoms with van der Waals surface area (Å²) in [6, 6.07) is 3.23. The second-order valence-electron chi connectivity index (χ2n) is 4.99. The van der Waals surface area contributed by atoms with E-state index >= 15 is 0 Å². The van der Waals surface area contributed by atoms with E-state index in [4.69, 9.17) is 0 Å². The molecule has 0 aliphatic heterocycles. The van der Waals surface area contributed by atoms with E-state index in [1.165, 1.54) is 50.4 Å². The van der Waals surface area contributed by atoms with Crippen molar-refractivity contribution in [3.05, 3.63) is 28.4 Å². The maximum atomic E-state index is 10.7. The summed E-state index contributed by atoms with van der Waals surface area (Å²) in [6.45, 7) is 2.14. The summed E-state index contributed by atoms with van der Waals surface area (Å²) in [4.78, 5) is 14.4. The van der Waals surface area contributed by atoms with Crippen molar-refractivity contribution in [2.75, 3.05) is 5.32 Å². The van der Waals surface area contributed by atoms with Gasteiger partial charge in [0.2, 0.25) is 0 Å². The van der Waals surface area contributed by atoms with Crippen molar-refractivity contribution in [2.45, 2.75) is 45.1 Å². The van der Waals surface area contributed by atoms with Gasteiger partial charge in [-0.1, -0.05) is 19.3 Å². The summed E-state index contributed by atoms with van der Waals surface area (Å²) in [7, 11) is 0. The van der Waals surface area contributed by atoms with Gasteiger partial charge >= 0.3 is 0 Å². The normalized spacial score (nSPS) is 18.3. The Labute approximate surface area is 107 Å². The van der Waals surface area contributed by atoms with Gasteiger partial charge in [-0.2, -0.15) is 0 Å². The summed E-state index contributed by atoms with van der Waals surface area (Å²) in [5.74, 6) is 1.25. The molecule has 1 atom stereocenters. The topological polar surface area (TPSA) is 68.1 Å². The zero-order valence-electron chi connectivity index (χ0n) is 10.6. The summed E-state index contributed by atoms with van der Waals surface area (Å²) in [5, 5.41) is 14.0. The Balaban J connectivity index is 1.99. The standard InChI is InChI=1S/C13H19N3O2/c1-10(11-5-3-2-4-6-11)15-13-9-12(16(17)18)7-8-14-13/h7-11H,2-6H2,1H3,(H,14,15). The van der Waals surface area contributed by atoms with Crippen molar-refractivity contribution < 1.29 is 4.92 Å². The number of rotatable bonds is 4. The van der Waals surface area contributed by atoms with Gasteiger partial charge in [-0.3, -0.25) is 10.1 Å². The third-order valence-corrected chi connectivity index (χ3v) is 3.69. The fourth-order valence-corrected chi connectivity index (χ4v) is 2.60. The molecule has 1 unspecified atom stereocenters. The SMILES string of the molecule is CC(Nc1cc([N+](=O)[O-])ccn1)C1CCCCC1. The predicted octanol–water partition coefficient (Wildman–Crippen LogP) is 3.37. The molecule has 2 rings (SSSR count). The fourth-order valence-electron chi connectivity index (χ4n) is 2.60. The number of nitrogens with zero attached hydrogens (tertiary/aromatic N) is 2. The number of nitrogens with one attached hydrogen (secondary N) is 1. The van der Waals surface area contributed by atoms with Crippen molar-refractivity contribution in [2.24, 2.45) is 5.92 Å². The number of nitro groups is 1. The zero-order valence-corrected chi connectivity index (χ0v) is 10.6. The summed E-state index contributed by atoms with van der Waals surface area (Å²) >= 11 is 0. The molecule has 0 saturated heterocycles. The van der Waals surface area contributed by atoms with Crippen molar-refractivity contribution in [3.63, 3.8) is 0 Å². The van der Waals surface area contributed by atoms with E-state index in [9.17, 15) is 10.1 Å². The molecule has 98 valence electrons. The molecule has 0 bridgehead atoms. The van der Waals surface area contributed by atoms with Crippen LogP contribution in [0.5, 0.6) is 0 Å². The first-order valence-corrected chi connectivity index (χ1v) is 6.54. The van der Waals surface area contributed by atoms with E-state index < -0.39 is 4.92 Å². The van der Waals surface area contributed by atoms with Crippen LogP contribution in [0.4, 0.5) is 11.5 Å². The number of anilines is 1. The molecule has 0 radical (unpaired) electrons. The molecule has 5 nitrogen and oxygen atoms in total. The Morgan fingerprint density at radius 3 is 2.83 bits per heavy atom. The second-order valence-corrected chi connectivity index (χ2v) is 4.99.